The van der Waals surface area contributed by atoms with Gasteiger partial charge in [0, 0.05) is 20.4 Å². The highest BCUT2D eigenvalue weighted by Crippen LogP contribution is 2.22. The molecule has 0 fully saturated rings. The van der Waals surface area contributed by atoms with Gasteiger partial charge in [0.1, 0.15) is 5.75 Å². The van der Waals surface area contributed by atoms with E-state index in [4.69, 9.17) is 10.5 Å². The largest absolute Gasteiger partial charge is 0.424 e. The molecule has 0 saturated carbocycles. The summed E-state index contributed by atoms with van der Waals surface area (Å²) >= 11 is 0. The second kappa shape index (κ2) is 5.52. The number of nitrogens with two attached hydrogens (primary N) is 1. The van der Waals surface area contributed by atoms with Gasteiger partial charge >= 0.3 is 6.01 Å². The van der Waals surface area contributed by atoms with E-state index in [1.807, 2.05) is 0 Å². The molecule has 2 rings (SSSR count). The molecule has 1 heterocycles. The highest BCUT2D eigenvalue weighted by molar-refractivity contribution is 7.90. The van der Waals surface area contributed by atoms with Crippen molar-refractivity contribution >= 4 is 21.7 Å². The second-order valence-corrected chi connectivity index (χ2v) is 6.54. The van der Waals surface area contributed by atoms with Gasteiger partial charge in [-0.05, 0) is 18.2 Å². The van der Waals surface area contributed by atoms with Crippen LogP contribution in [0.25, 0.3) is 0 Å². The van der Waals surface area contributed by atoms with Gasteiger partial charge in [-0.1, -0.05) is 6.07 Å². The lowest BCUT2D eigenvalue weighted by Gasteiger charge is -2.11. The van der Waals surface area contributed by atoms with E-state index >= 15 is 0 Å². The fraction of sp³-hybridized carbons (Fsp3) is 0.250. The van der Waals surface area contributed by atoms with E-state index in [1.54, 1.807) is 31.1 Å². The van der Waals surface area contributed by atoms with Crippen LogP contribution in [0.2, 0.25) is 0 Å². The Kier molecular flexibility index (Phi) is 3.94. The minimum absolute atomic E-state index is 0.00292. The van der Waals surface area contributed by atoms with E-state index in [0.717, 1.165) is 6.26 Å². The molecule has 2 N–H and O–H groups in total. The predicted octanol–water partition coefficient (Wildman–Crippen LogP) is 0.716. The number of nitrogen functional groups attached to an aromatic ring is 1. The summed E-state index contributed by atoms with van der Waals surface area (Å²) in [7, 11) is 0.192. The minimum Gasteiger partial charge on any atom is -0.424 e. The van der Waals surface area contributed by atoms with Crippen LogP contribution in [-0.2, 0) is 9.84 Å². The summed E-state index contributed by atoms with van der Waals surface area (Å²) in [5, 5.41) is 0. The maximum absolute atomic E-state index is 11.5. The van der Waals surface area contributed by atoms with E-state index < -0.39 is 9.84 Å². The number of benzene rings is 1. The molecular formula is C12H15N5O3S. The number of ether oxygens (including phenoxy) is 1. The molecule has 1 aromatic carbocycles. The number of nitrogens with zero attached hydrogens (tertiary/aromatic N) is 4. The van der Waals surface area contributed by atoms with Crippen molar-refractivity contribution in [1.82, 2.24) is 15.0 Å². The second-order valence-electron chi connectivity index (χ2n) is 4.52. The summed E-state index contributed by atoms with van der Waals surface area (Å²) in [5.74, 6) is 0.660. The van der Waals surface area contributed by atoms with Crippen LogP contribution < -0.4 is 15.4 Å². The van der Waals surface area contributed by atoms with E-state index in [9.17, 15) is 8.42 Å². The molecule has 8 nitrogen and oxygen atoms in total. The highest BCUT2D eigenvalue weighted by Gasteiger charge is 2.11. The maximum atomic E-state index is 11.5. The first kappa shape index (κ1) is 15.0. The zero-order chi connectivity index (χ0) is 15.6. The van der Waals surface area contributed by atoms with E-state index in [1.165, 1.54) is 12.1 Å². The number of rotatable bonds is 4. The van der Waals surface area contributed by atoms with Crippen LogP contribution in [0.1, 0.15) is 0 Å². The van der Waals surface area contributed by atoms with Crippen molar-refractivity contribution in [3.8, 4) is 11.8 Å². The van der Waals surface area contributed by atoms with Crippen molar-refractivity contribution in [3.63, 3.8) is 0 Å². The molecule has 21 heavy (non-hydrogen) atoms. The van der Waals surface area contributed by atoms with Crippen molar-refractivity contribution in [3.05, 3.63) is 24.3 Å². The van der Waals surface area contributed by atoms with Gasteiger partial charge < -0.3 is 15.4 Å². The fourth-order valence-corrected chi connectivity index (χ4v) is 2.14. The number of hydrogen-bond donors (Lipinski definition) is 1. The molecule has 0 aliphatic heterocycles. The molecule has 2 aromatic rings. The quantitative estimate of drug-likeness (QED) is 0.879. The van der Waals surface area contributed by atoms with Gasteiger partial charge in [0.05, 0.1) is 4.90 Å². The standard InChI is InChI=1S/C12H15N5O3S/c1-17(2)11-14-10(13)15-12(16-11)20-8-5-4-6-9(7-8)21(3,18)19/h4-7H,1-3H3,(H2,13,14,15,16). The summed E-state index contributed by atoms with van der Waals surface area (Å²) in [6.07, 6.45) is 1.12. The Labute approximate surface area is 122 Å². The van der Waals surface area contributed by atoms with Gasteiger partial charge in [-0.3, -0.25) is 0 Å². The third kappa shape index (κ3) is 3.78. The predicted molar refractivity (Wildman–Crippen MR) is 78.2 cm³/mol. The van der Waals surface area contributed by atoms with E-state index in [2.05, 4.69) is 15.0 Å². The first-order valence-electron chi connectivity index (χ1n) is 5.92. The number of aromatic nitrogens is 3. The van der Waals surface area contributed by atoms with Gasteiger partial charge in [0.15, 0.2) is 9.84 Å². The Morgan fingerprint density at radius 3 is 2.52 bits per heavy atom. The SMILES string of the molecule is CN(C)c1nc(N)nc(Oc2cccc(S(C)(=O)=O)c2)n1. The van der Waals surface area contributed by atoms with Crippen LogP contribution in [0.3, 0.4) is 0 Å². The molecule has 0 aliphatic carbocycles. The molecule has 0 unspecified atom stereocenters. The third-order valence-electron chi connectivity index (χ3n) is 2.46. The van der Waals surface area contributed by atoms with Crippen LogP contribution in [0.15, 0.2) is 29.2 Å². The molecule has 0 amide bonds. The fourth-order valence-electron chi connectivity index (χ4n) is 1.48. The van der Waals surface area contributed by atoms with Gasteiger partial charge in [0.2, 0.25) is 11.9 Å². The summed E-state index contributed by atoms with van der Waals surface area (Å²) in [6.45, 7) is 0. The van der Waals surface area contributed by atoms with Gasteiger partial charge in [0.25, 0.3) is 0 Å². The van der Waals surface area contributed by atoms with Crippen LogP contribution in [0.5, 0.6) is 11.8 Å². The number of anilines is 2. The maximum Gasteiger partial charge on any atom is 0.328 e. The minimum atomic E-state index is -3.31. The van der Waals surface area contributed by atoms with Crippen LogP contribution in [0, 0.1) is 0 Å². The van der Waals surface area contributed by atoms with E-state index in [0.29, 0.717) is 11.7 Å². The van der Waals surface area contributed by atoms with Crippen molar-refractivity contribution in [2.75, 3.05) is 31.0 Å². The normalized spacial score (nSPS) is 11.2. The van der Waals surface area contributed by atoms with Crippen molar-refractivity contribution in [2.45, 2.75) is 4.90 Å². The molecule has 112 valence electrons. The molecule has 0 saturated heterocycles. The topological polar surface area (TPSA) is 111 Å². The van der Waals surface area contributed by atoms with Crippen molar-refractivity contribution in [1.29, 1.82) is 0 Å². The highest BCUT2D eigenvalue weighted by atomic mass is 32.2. The molecule has 0 spiro atoms. The third-order valence-corrected chi connectivity index (χ3v) is 3.57. The average Bonchev–Trinajstić information content (AvgIpc) is 2.37. The number of hydrogen-bond acceptors (Lipinski definition) is 8. The Bertz CT molecular complexity index is 761. The Balaban J connectivity index is 2.34. The summed E-state index contributed by atoms with van der Waals surface area (Å²) in [4.78, 5) is 13.7. The molecule has 0 atom stereocenters. The average molecular weight is 309 g/mol. The van der Waals surface area contributed by atoms with Gasteiger partial charge in [-0.2, -0.15) is 15.0 Å². The van der Waals surface area contributed by atoms with Gasteiger partial charge in [-0.25, -0.2) is 8.42 Å². The Morgan fingerprint density at radius 2 is 1.90 bits per heavy atom. The number of sulfone groups is 1. The molecule has 0 aliphatic rings. The molecule has 9 heteroatoms. The summed E-state index contributed by atoms with van der Waals surface area (Å²) in [5.41, 5.74) is 5.59. The smallest absolute Gasteiger partial charge is 0.328 e. The zero-order valence-electron chi connectivity index (χ0n) is 11.8. The van der Waals surface area contributed by atoms with Crippen LogP contribution in [0.4, 0.5) is 11.9 Å². The first-order chi connectivity index (χ1) is 9.75. The van der Waals surface area contributed by atoms with Crippen molar-refractivity contribution < 1.29 is 13.2 Å². The van der Waals surface area contributed by atoms with Crippen LogP contribution in [-0.4, -0.2) is 43.7 Å². The lowest BCUT2D eigenvalue weighted by atomic mass is 10.3. The lowest BCUT2D eigenvalue weighted by molar-refractivity contribution is 0.439. The van der Waals surface area contributed by atoms with Crippen molar-refractivity contribution in [2.24, 2.45) is 0 Å². The summed E-state index contributed by atoms with van der Waals surface area (Å²) in [6, 6.07) is 6.05. The Morgan fingerprint density at radius 1 is 1.19 bits per heavy atom. The Hall–Kier alpha value is -2.42. The monoisotopic (exact) mass is 309 g/mol. The molecular weight excluding hydrogens is 294 g/mol. The summed E-state index contributed by atoms with van der Waals surface area (Å²) < 4.78 is 28.5. The zero-order valence-corrected chi connectivity index (χ0v) is 12.6. The van der Waals surface area contributed by atoms with Crippen LogP contribution >= 0.6 is 0 Å². The lowest BCUT2D eigenvalue weighted by Crippen LogP contribution is -2.15. The first-order valence-corrected chi connectivity index (χ1v) is 7.82. The molecule has 0 bridgehead atoms. The van der Waals surface area contributed by atoms with E-state index in [-0.39, 0.29) is 16.9 Å². The van der Waals surface area contributed by atoms with Gasteiger partial charge in [-0.15, -0.1) is 0 Å². The molecule has 1 aromatic heterocycles. The molecule has 0 radical (unpaired) electrons.